The third-order valence-corrected chi connectivity index (χ3v) is 5.12. The molecule has 0 saturated heterocycles. The molecule has 94 valence electrons. The summed E-state index contributed by atoms with van der Waals surface area (Å²) in [5, 5.41) is 20.5. The van der Waals surface area contributed by atoms with E-state index in [1.807, 2.05) is 0 Å². The van der Waals surface area contributed by atoms with E-state index in [1.165, 1.54) is 0 Å². The molecular weight excluding hydrogens is 260 g/mol. The van der Waals surface area contributed by atoms with Gasteiger partial charge in [0.2, 0.25) is 8.87 Å². The molecular formula is C6H12N2O6S2. The van der Waals surface area contributed by atoms with Gasteiger partial charge in [-0.1, -0.05) is 0 Å². The zero-order valence-corrected chi connectivity index (χ0v) is 9.88. The molecule has 2 atom stereocenters. The van der Waals surface area contributed by atoms with Crippen LogP contribution in [0.15, 0.2) is 0 Å². The maximum Gasteiger partial charge on any atom is 0.208 e. The molecule has 0 fully saturated rings. The quantitative estimate of drug-likeness (QED) is 0.434. The molecule has 0 heterocycles. The number of aliphatic carboxylic acids is 2. The van der Waals surface area contributed by atoms with E-state index in [1.54, 1.807) is 0 Å². The Balaban J connectivity index is 4.27. The van der Waals surface area contributed by atoms with Crippen molar-refractivity contribution in [3.8, 4) is 0 Å². The van der Waals surface area contributed by atoms with Crippen LogP contribution in [0.4, 0.5) is 0 Å². The normalized spacial score (nSPS) is 15.4. The van der Waals surface area contributed by atoms with Crippen molar-refractivity contribution in [1.82, 2.24) is 0 Å². The minimum absolute atomic E-state index is 0.301. The summed E-state index contributed by atoms with van der Waals surface area (Å²) in [5.41, 5.74) is 6.25. The number of carbonyl (C=O) groups is 2. The van der Waals surface area contributed by atoms with Crippen molar-refractivity contribution in [2.75, 3.05) is 11.5 Å². The molecule has 0 aromatic carbocycles. The smallest absolute Gasteiger partial charge is 0.208 e. The van der Waals surface area contributed by atoms with Gasteiger partial charge in [-0.3, -0.25) is 0 Å². The van der Waals surface area contributed by atoms with E-state index < -0.39 is 38.6 Å². The van der Waals surface area contributed by atoms with Gasteiger partial charge in [-0.15, -0.1) is 0 Å². The van der Waals surface area contributed by atoms with Gasteiger partial charge in [0.15, 0.2) is 0 Å². The van der Waals surface area contributed by atoms with Crippen LogP contribution in [0.5, 0.6) is 0 Å². The first-order chi connectivity index (χ1) is 7.15. The highest BCUT2D eigenvalue weighted by molar-refractivity contribution is 8.72. The molecule has 0 saturated carbocycles. The summed E-state index contributed by atoms with van der Waals surface area (Å²) >= 11 is 0. The molecule has 0 bridgehead atoms. The second-order valence-electron chi connectivity index (χ2n) is 3.04. The fourth-order valence-electron chi connectivity index (χ4n) is 0.616. The van der Waals surface area contributed by atoms with Crippen LogP contribution in [0.1, 0.15) is 0 Å². The van der Waals surface area contributed by atoms with E-state index in [2.05, 4.69) is 11.5 Å². The summed E-state index contributed by atoms with van der Waals surface area (Å²) in [4.78, 5) is 20.5. The van der Waals surface area contributed by atoms with Gasteiger partial charge in [0.25, 0.3) is 0 Å². The Morgan fingerprint density at radius 1 is 1.12 bits per heavy atom. The third kappa shape index (κ3) is 5.90. The maximum absolute atomic E-state index is 11.3. The fraction of sp³-hybridized carbons (Fsp3) is 0.667. The molecule has 0 radical (unpaired) electrons. The number of carboxylic acids is 2. The molecule has 0 spiro atoms. The Hall–Kier alpha value is -0.840. The lowest BCUT2D eigenvalue weighted by Crippen LogP contribution is -2.71. The van der Waals surface area contributed by atoms with Crippen LogP contribution in [-0.2, 0) is 18.5 Å². The van der Waals surface area contributed by atoms with Gasteiger partial charge in [0, 0.05) is 0 Å². The first-order valence-corrected chi connectivity index (χ1v) is 7.26. The Labute approximate surface area is 95.3 Å². The molecule has 0 aromatic heterocycles. The van der Waals surface area contributed by atoms with Crippen molar-refractivity contribution < 1.29 is 39.7 Å². The first-order valence-electron chi connectivity index (χ1n) is 4.10. The van der Waals surface area contributed by atoms with Crippen molar-refractivity contribution in [3.05, 3.63) is 0 Å². The maximum atomic E-state index is 11.3. The van der Waals surface area contributed by atoms with Gasteiger partial charge in [-0.05, 0) is 10.8 Å². The van der Waals surface area contributed by atoms with Crippen LogP contribution >= 0.6 is 10.8 Å². The molecule has 0 unspecified atom stereocenters. The molecule has 0 amide bonds. The van der Waals surface area contributed by atoms with Crippen LogP contribution in [0.2, 0.25) is 0 Å². The van der Waals surface area contributed by atoms with Crippen LogP contribution in [0.25, 0.3) is 0 Å². The Bertz CT molecular complexity index is 367. The molecule has 0 aliphatic heterocycles. The van der Waals surface area contributed by atoms with Crippen molar-refractivity contribution >= 4 is 31.6 Å². The summed E-state index contributed by atoms with van der Waals surface area (Å²) in [6, 6.07) is -2.56. The fourth-order valence-corrected chi connectivity index (χ4v) is 3.75. The number of carboxylic acid groups (broad SMARTS) is 2. The zero-order chi connectivity index (χ0) is 12.9. The van der Waals surface area contributed by atoms with E-state index in [0.29, 0.717) is 10.8 Å². The van der Waals surface area contributed by atoms with Crippen molar-refractivity contribution in [3.63, 3.8) is 0 Å². The molecule has 0 aliphatic carbocycles. The van der Waals surface area contributed by atoms with Gasteiger partial charge in [-0.25, -0.2) is 8.42 Å². The minimum Gasteiger partial charge on any atom is -0.544 e. The minimum atomic E-state index is -3.75. The lowest BCUT2D eigenvalue weighted by Gasteiger charge is -2.11. The summed E-state index contributed by atoms with van der Waals surface area (Å²) in [6.45, 7) is 0. The Morgan fingerprint density at radius 3 is 1.94 bits per heavy atom. The van der Waals surface area contributed by atoms with Crippen LogP contribution < -0.4 is 21.7 Å². The van der Waals surface area contributed by atoms with E-state index in [4.69, 9.17) is 0 Å². The monoisotopic (exact) mass is 272 g/mol. The summed E-state index contributed by atoms with van der Waals surface area (Å²) in [7, 11) is -3.43. The molecule has 6 N–H and O–H groups in total. The molecule has 0 rings (SSSR count). The highest BCUT2D eigenvalue weighted by Crippen LogP contribution is 2.13. The predicted octanol–water partition coefficient (Wildman–Crippen LogP) is -6.23. The Morgan fingerprint density at radius 2 is 1.56 bits per heavy atom. The number of hydrogen-bond donors (Lipinski definition) is 2. The lowest BCUT2D eigenvalue weighted by atomic mass is 10.4. The van der Waals surface area contributed by atoms with E-state index in [0.717, 1.165) is 0 Å². The van der Waals surface area contributed by atoms with E-state index in [-0.39, 0.29) is 5.75 Å². The molecule has 0 aliphatic rings. The average Bonchev–Trinajstić information content (AvgIpc) is 2.13. The van der Waals surface area contributed by atoms with Crippen LogP contribution in [0.3, 0.4) is 0 Å². The predicted molar refractivity (Wildman–Crippen MR) is 49.6 cm³/mol. The average molecular weight is 272 g/mol. The topological polar surface area (TPSA) is 170 Å². The summed E-state index contributed by atoms with van der Waals surface area (Å²) in [5.74, 6) is -4.05. The number of carbonyl (C=O) groups excluding carboxylic acids is 2. The standard InChI is InChI=1S/C6H12N2O6S2/c7-3(5(9)10)1-15-16(13,14)2-4(8)6(11)12/h3-4H,1-2,7-8H2,(H,9,10)(H,11,12)/t3-,4-/m0/s1. The van der Waals surface area contributed by atoms with E-state index in [9.17, 15) is 28.2 Å². The Kier molecular flexibility index (Phi) is 5.72. The first kappa shape index (κ1) is 15.2. The zero-order valence-electron chi connectivity index (χ0n) is 8.25. The van der Waals surface area contributed by atoms with Crippen molar-refractivity contribution in [1.29, 1.82) is 0 Å². The number of rotatable bonds is 7. The third-order valence-electron chi connectivity index (χ3n) is 1.52. The highest BCUT2D eigenvalue weighted by atomic mass is 33.1. The number of quaternary nitrogens is 2. The van der Waals surface area contributed by atoms with Crippen LogP contribution in [-0.4, -0.2) is 43.9 Å². The molecule has 8 nitrogen and oxygen atoms in total. The largest absolute Gasteiger partial charge is 0.544 e. The SMILES string of the molecule is [NH3+][C@@H](CSS(=O)(=O)C[C@H]([NH3+])C(=O)[O-])C(=O)[O-]. The van der Waals surface area contributed by atoms with Gasteiger partial charge in [0.05, 0.1) is 11.7 Å². The molecule has 0 aromatic rings. The van der Waals surface area contributed by atoms with Gasteiger partial charge >= 0.3 is 0 Å². The summed E-state index contributed by atoms with van der Waals surface area (Å²) < 4.78 is 22.5. The van der Waals surface area contributed by atoms with Crippen molar-refractivity contribution in [2.24, 2.45) is 0 Å². The van der Waals surface area contributed by atoms with Gasteiger partial charge in [0.1, 0.15) is 23.8 Å². The lowest BCUT2D eigenvalue weighted by molar-refractivity contribution is -0.431. The van der Waals surface area contributed by atoms with Gasteiger partial charge in [-0.2, -0.15) is 0 Å². The number of hydrogen-bond acceptors (Lipinski definition) is 7. The van der Waals surface area contributed by atoms with E-state index >= 15 is 0 Å². The van der Waals surface area contributed by atoms with Crippen molar-refractivity contribution in [2.45, 2.75) is 12.1 Å². The second kappa shape index (κ2) is 6.03. The summed E-state index contributed by atoms with van der Waals surface area (Å²) in [6.07, 6.45) is 0. The molecule has 16 heavy (non-hydrogen) atoms. The van der Waals surface area contributed by atoms with Crippen LogP contribution in [0, 0.1) is 0 Å². The second-order valence-corrected chi connectivity index (χ2v) is 7.29. The highest BCUT2D eigenvalue weighted by Gasteiger charge is 2.22. The molecule has 10 heteroatoms. The van der Waals surface area contributed by atoms with Gasteiger partial charge < -0.3 is 31.3 Å².